The topological polar surface area (TPSA) is 60.2 Å². The van der Waals surface area contributed by atoms with Gasteiger partial charge in [-0.3, -0.25) is 0 Å². The van der Waals surface area contributed by atoms with E-state index in [0.29, 0.717) is 12.2 Å². The van der Waals surface area contributed by atoms with Crippen LogP contribution in [-0.2, 0) is 5.92 Å². The summed E-state index contributed by atoms with van der Waals surface area (Å²) in [6.45, 7) is 4.01. The Morgan fingerprint density at radius 3 is 2.53 bits per heavy atom. The molecule has 0 saturated heterocycles. The lowest BCUT2D eigenvalue weighted by Gasteiger charge is -2.49. The van der Waals surface area contributed by atoms with E-state index in [0.717, 1.165) is 61.7 Å². The monoisotopic (exact) mass is 469 g/mol. The van der Waals surface area contributed by atoms with Crippen molar-refractivity contribution in [1.29, 1.82) is 0 Å². The molecule has 0 spiro atoms. The molecule has 1 fully saturated rings. The van der Waals surface area contributed by atoms with Gasteiger partial charge in [-0.15, -0.1) is 0 Å². The lowest BCUT2D eigenvalue weighted by atomic mass is 9.57. The first-order valence-corrected chi connectivity index (χ1v) is 11.5. The maximum atomic E-state index is 14.5. The van der Waals surface area contributed by atoms with E-state index in [1.54, 1.807) is 6.07 Å². The molecule has 0 amide bonds. The molecule has 5 nitrogen and oxygen atoms in total. The number of hydrogen-bond donors (Lipinski definition) is 1. The van der Waals surface area contributed by atoms with Crippen LogP contribution in [0, 0.1) is 11.2 Å². The number of anilines is 1. The van der Waals surface area contributed by atoms with E-state index in [9.17, 15) is 13.2 Å². The largest absolute Gasteiger partial charge is 0.494 e. The van der Waals surface area contributed by atoms with Gasteiger partial charge in [0.25, 0.3) is 5.89 Å². The van der Waals surface area contributed by atoms with Crippen LogP contribution in [0.5, 0.6) is 5.75 Å². The average molecular weight is 470 g/mol. The fourth-order valence-electron chi connectivity index (χ4n) is 4.86. The molecule has 1 saturated carbocycles. The van der Waals surface area contributed by atoms with Gasteiger partial charge >= 0.3 is 5.92 Å². The van der Waals surface area contributed by atoms with Gasteiger partial charge in [-0.05, 0) is 79.5 Å². The maximum absolute atomic E-state index is 14.5. The number of hydrogen-bond acceptors (Lipinski definition) is 5. The molecule has 0 aliphatic heterocycles. The normalized spacial score (nSPS) is 16.9. The smallest absolute Gasteiger partial charge is 0.322 e. The molecule has 3 aromatic rings. The molecule has 1 heterocycles. The zero-order chi connectivity index (χ0) is 23.9. The van der Waals surface area contributed by atoms with Crippen molar-refractivity contribution in [1.82, 2.24) is 10.1 Å². The van der Waals surface area contributed by atoms with Crippen molar-refractivity contribution in [2.24, 2.45) is 5.41 Å². The van der Waals surface area contributed by atoms with E-state index < -0.39 is 11.8 Å². The summed E-state index contributed by atoms with van der Waals surface area (Å²) >= 11 is 0. The molecule has 3 aliphatic rings. The molecule has 2 bridgehead atoms. The summed E-state index contributed by atoms with van der Waals surface area (Å²) in [5.41, 5.74) is 4.42. The number of aromatic nitrogens is 2. The number of benzene rings is 2. The fourth-order valence-corrected chi connectivity index (χ4v) is 4.86. The van der Waals surface area contributed by atoms with Gasteiger partial charge < -0.3 is 14.6 Å². The number of rotatable bonds is 8. The molecular weight excluding hydrogens is 443 g/mol. The van der Waals surface area contributed by atoms with Gasteiger partial charge in [0.2, 0.25) is 0 Å². The van der Waals surface area contributed by atoms with Crippen molar-refractivity contribution < 1.29 is 22.4 Å². The summed E-state index contributed by atoms with van der Waals surface area (Å²) in [6.07, 6.45) is 3.37. The Bertz CT molecular complexity index is 1220. The van der Waals surface area contributed by atoms with Crippen LogP contribution in [-0.4, -0.2) is 23.3 Å². The molecule has 0 atom stereocenters. The van der Waals surface area contributed by atoms with Crippen molar-refractivity contribution in [2.45, 2.75) is 45.5 Å². The molecular formula is C26H26F3N3O2. The molecule has 0 radical (unpaired) electrons. The van der Waals surface area contributed by atoms with Crippen LogP contribution in [0.15, 0.2) is 52.6 Å². The molecule has 3 aliphatic carbocycles. The van der Waals surface area contributed by atoms with Crippen LogP contribution in [0.2, 0.25) is 0 Å². The third kappa shape index (κ3) is 4.29. The van der Waals surface area contributed by atoms with Crippen LogP contribution in [0.1, 0.15) is 51.2 Å². The Morgan fingerprint density at radius 1 is 1.15 bits per heavy atom. The molecule has 1 aromatic heterocycles. The zero-order valence-corrected chi connectivity index (χ0v) is 19.1. The van der Waals surface area contributed by atoms with Crippen molar-refractivity contribution in [3.63, 3.8) is 0 Å². The van der Waals surface area contributed by atoms with Gasteiger partial charge in [-0.1, -0.05) is 22.9 Å². The van der Waals surface area contributed by atoms with E-state index in [4.69, 9.17) is 9.26 Å². The van der Waals surface area contributed by atoms with E-state index >= 15 is 0 Å². The molecule has 8 heteroatoms. The highest BCUT2D eigenvalue weighted by Crippen LogP contribution is 2.57. The summed E-state index contributed by atoms with van der Waals surface area (Å²) in [4.78, 5) is 3.91. The van der Waals surface area contributed by atoms with Gasteiger partial charge in [0, 0.05) is 24.7 Å². The third-order valence-corrected chi connectivity index (χ3v) is 6.69. The van der Waals surface area contributed by atoms with Crippen LogP contribution < -0.4 is 10.1 Å². The summed E-state index contributed by atoms with van der Waals surface area (Å²) in [5.74, 6) is -3.02. The molecule has 6 rings (SSSR count). The summed E-state index contributed by atoms with van der Waals surface area (Å²) in [6, 6.07) is 12.5. The fraction of sp³-hybridized carbons (Fsp3) is 0.385. The second-order valence-corrected chi connectivity index (χ2v) is 9.25. The Hall–Kier alpha value is -3.29. The van der Waals surface area contributed by atoms with E-state index in [1.165, 1.54) is 11.6 Å². The van der Waals surface area contributed by atoms with Gasteiger partial charge in [0.05, 0.1) is 6.61 Å². The number of alkyl halides is 2. The van der Waals surface area contributed by atoms with Crippen LogP contribution in [0.25, 0.3) is 16.7 Å². The van der Waals surface area contributed by atoms with Crippen molar-refractivity contribution >= 4 is 11.3 Å². The number of halogens is 3. The number of nitrogens with zero attached hydrogens (tertiary/aromatic N) is 2. The van der Waals surface area contributed by atoms with Crippen molar-refractivity contribution in [3.05, 3.63) is 65.6 Å². The lowest BCUT2D eigenvalue weighted by molar-refractivity contribution is -0.0158. The van der Waals surface area contributed by atoms with Crippen molar-refractivity contribution in [2.75, 3.05) is 18.5 Å². The third-order valence-electron chi connectivity index (χ3n) is 6.69. The lowest BCUT2D eigenvalue weighted by Crippen LogP contribution is -2.41. The number of allylic oxidation sites excluding steroid dienone is 2. The molecule has 0 unspecified atom stereocenters. The molecule has 1 N–H and O–H groups in total. The standard InChI is InChI=1S/C26H26F3N3O2/c1-3-33-19-7-4-16(5-8-19)21-12-18(6-9-22(21)27)30-15-26-11-10-20(17(13-26)14-26)23-31-24(34-32-23)25(2,28)29/h4-9,12,30H,3,10-11,13-15H2,1-2H3. The van der Waals surface area contributed by atoms with E-state index in [-0.39, 0.29) is 17.1 Å². The maximum Gasteiger partial charge on any atom is 0.322 e. The quantitative estimate of drug-likeness (QED) is 0.392. The van der Waals surface area contributed by atoms with Gasteiger partial charge in [0.1, 0.15) is 11.6 Å². The Balaban J connectivity index is 1.25. The average Bonchev–Trinajstić information content (AvgIpc) is 3.30. The number of ether oxygens (including phenoxy) is 1. The highest BCUT2D eigenvalue weighted by molar-refractivity contribution is 5.70. The summed E-state index contributed by atoms with van der Waals surface area (Å²) in [7, 11) is 0. The van der Waals surface area contributed by atoms with E-state index in [2.05, 4.69) is 15.5 Å². The zero-order valence-electron chi connectivity index (χ0n) is 19.1. The Kier molecular flexibility index (Phi) is 5.62. The second-order valence-electron chi connectivity index (χ2n) is 9.25. The first kappa shape index (κ1) is 22.5. The Morgan fingerprint density at radius 2 is 1.91 bits per heavy atom. The first-order valence-electron chi connectivity index (χ1n) is 11.5. The Labute approximate surface area is 196 Å². The SMILES string of the molecule is CCOc1ccc(-c2cc(NCC34CCC(c5noc(C(C)(F)F)n5)=C(C3)C4)ccc2F)cc1. The highest BCUT2D eigenvalue weighted by Gasteiger charge is 2.46. The summed E-state index contributed by atoms with van der Waals surface area (Å²) in [5, 5.41) is 7.25. The van der Waals surface area contributed by atoms with E-state index in [1.807, 2.05) is 37.3 Å². The summed E-state index contributed by atoms with van der Waals surface area (Å²) < 4.78 is 51.6. The van der Waals surface area contributed by atoms with Crippen LogP contribution in [0.4, 0.5) is 18.9 Å². The predicted octanol–water partition coefficient (Wildman–Crippen LogP) is 6.83. The molecule has 2 aromatic carbocycles. The van der Waals surface area contributed by atoms with Gasteiger partial charge in [-0.2, -0.15) is 13.8 Å². The van der Waals surface area contributed by atoms with Gasteiger partial charge in [0.15, 0.2) is 5.82 Å². The van der Waals surface area contributed by atoms with Crippen LogP contribution >= 0.6 is 0 Å². The van der Waals surface area contributed by atoms with Crippen LogP contribution in [0.3, 0.4) is 0 Å². The highest BCUT2D eigenvalue weighted by atomic mass is 19.3. The number of nitrogens with one attached hydrogen (secondary N) is 1. The van der Waals surface area contributed by atoms with Crippen molar-refractivity contribution in [3.8, 4) is 16.9 Å². The molecule has 178 valence electrons. The minimum atomic E-state index is -3.14. The molecule has 34 heavy (non-hydrogen) atoms. The predicted molar refractivity (Wildman–Crippen MR) is 123 cm³/mol. The van der Waals surface area contributed by atoms with Gasteiger partial charge in [-0.25, -0.2) is 4.39 Å². The second kappa shape index (κ2) is 8.49. The number of fused-ring (bicyclic) bond motifs is 2. The minimum Gasteiger partial charge on any atom is -0.494 e. The first-order chi connectivity index (χ1) is 16.3. The minimum absolute atomic E-state index is 0.105.